The van der Waals surface area contributed by atoms with Gasteiger partial charge in [-0.2, -0.15) is 5.26 Å². The van der Waals surface area contributed by atoms with E-state index in [0.717, 1.165) is 53.9 Å². The average molecular weight is 519 g/mol. The fourth-order valence-electron chi connectivity index (χ4n) is 4.19. The molecule has 5 rings (SSSR count). The van der Waals surface area contributed by atoms with E-state index >= 15 is 0 Å². The zero-order chi connectivity index (χ0) is 25.1. The number of nitrogens with one attached hydrogen (secondary N) is 2. The van der Waals surface area contributed by atoms with Crippen LogP contribution >= 0.6 is 23.1 Å². The molecule has 0 fully saturated rings. The molecule has 0 saturated carbocycles. The monoisotopic (exact) mass is 518 g/mol. The molecule has 4 aromatic rings. The first-order valence-electron chi connectivity index (χ1n) is 11.5. The van der Waals surface area contributed by atoms with E-state index in [0.29, 0.717) is 10.6 Å². The average Bonchev–Trinajstić information content (AvgIpc) is 3.43. The third-order valence-corrected chi connectivity index (χ3v) is 8.29. The first-order valence-corrected chi connectivity index (χ1v) is 13.2. The van der Waals surface area contributed by atoms with E-state index in [-0.39, 0.29) is 10.9 Å². The third-order valence-electron chi connectivity index (χ3n) is 6.01. The van der Waals surface area contributed by atoms with Crippen LogP contribution in [0.25, 0.3) is 5.69 Å². The largest absolute Gasteiger partial charge is 0.442 e. The Morgan fingerprint density at radius 3 is 2.69 bits per heavy atom. The molecule has 2 aromatic heterocycles. The molecular formula is C26H24N5O3S2+. The molecule has 2 N–H and O–H groups in total. The highest BCUT2D eigenvalue weighted by molar-refractivity contribution is 8.00. The SMILES string of the molecule is CC(Sc1c(=O)o[nH][n+]1-c1ccccc1)C(=O)Nc1sc2c(c1C#N)CCN(Cc1ccccc1)C2. The van der Waals surface area contributed by atoms with Gasteiger partial charge in [-0.05, 0) is 46.2 Å². The Kier molecular flexibility index (Phi) is 7.04. The molecule has 182 valence electrons. The maximum Gasteiger partial charge on any atom is 0.442 e. The maximum absolute atomic E-state index is 13.1. The minimum atomic E-state index is -0.598. The molecular weight excluding hydrogens is 494 g/mol. The number of nitriles is 1. The molecule has 8 nitrogen and oxygen atoms in total. The maximum atomic E-state index is 13.1. The number of aromatic nitrogens is 2. The van der Waals surface area contributed by atoms with Crippen LogP contribution in [0.3, 0.4) is 0 Å². The number of fused-ring (bicyclic) bond motifs is 1. The summed E-state index contributed by atoms with van der Waals surface area (Å²) in [6.07, 6.45) is 0.767. The normalized spacial score (nSPS) is 14.1. The van der Waals surface area contributed by atoms with Crippen molar-refractivity contribution in [3.8, 4) is 11.8 Å². The number of aromatic amines is 1. The van der Waals surface area contributed by atoms with Gasteiger partial charge in [0.25, 0.3) is 0 Å². The van der Waals surface area contributed by atoms with Gasteiger partial charge in [-0.15, -0.1) is 11.3 Å². The van der Waals surface area contributed by atoms with E-state index in [2.05, 4.69) is 33.7 Å². The van der Waals surface area contributed by atoms with E-state index < -0.39 is 10.9 Å². The van der Waals surface area contributed by atoms with Crippen LogP contribution in [0.1, 0.15) is 28.5 Å². The van der Waals surface area contributed by atoms with Crippen molar-refractivity contribution in [3.63, 3.8) is 0 Å². The standard InChI is InChI=1S/C26H23N5O3S2/c1-17(35-25-26(33)34-29-31(25)19-10-6-3-7-11-19)23(32)28-24-21(14-27)20-12-13-30(16-22(20)36-24)15-18-8-4-2-5-9-18/h2-11,17H,12-13,15-16H2,1H3,(H-,28,29,32,33)/p+1. The van der Waals surface area contributed by atoms with Crippen LogP contribution in [-0.4, -0.2) is 27.9 Å². The number of thiophene rings is 1. The number of rotatable bonds is 7. The molecule has 0 aliphatic carbocycles. The van der Waals surface area contributed by atoms with E-state index in [4.69, 9.17) is 4.52 Å². The van der Waals surface area contributed by atoms with Gasteiger partial charge in [-0.3, -0.25) is 14.2 Å². The van der Waals surface area contributed by atoms with Crippen molar-refractivity contribution in [2.75, 3.05) is 11.9 Å². The molecule has 2 aromatic carbocycles. The van der Waals surface area contributed by atoms with Crippen LogP contribution in [0.4, 0.5) is 5.00 Å². The summed E-state index contributed by atoms with van der Waals surface area (Å²) in [6.45, 7) is 4.17. The van der Waals surface area contributed by atoms with Gasteiger partial charge in [-0.25, -0.2) is 4.79 Å². The van der Waals surface area contributed by atoms with Crippen molar-refractivity contribution in [1.82, 2.24) is 10.2 Å². The number of para-hydroxylation sites is 1. The highest BCUT2D eigenvalue weighted by atomic mass is 32.2. The number of amides is 1. The Morgan fingerprint density at radius 1 is 1.25 bits per heavy atom. The molecule has 0 saturated heterocycles. The lowest BCUT2D eigenvalue weighted by molar-refractivity contribution is -0.704. The zero-order valence-corrected chi connectivity index (χ0v) is 21.2. The van der Waals surface area contributed by atoms with Gasteiger partial charge in [-0.1, -0.05) is 48.5 Å². The lowest BCUT2D eigenvalue weighted by Crippen LogP contribution is -2.37. The predicted molar refractivity (Wildman–Crippen MR) is 138 cm³/mol. The summed E-state index contributed by atoms with van der Waals surface area (Å²) in [7, 11) is 0. The number of benzene rings is 2. The van der Waals surface area contributed by atoms with Crippen molar-refractivity contribution in [2.24, 2.45) is 0 Å². The van der Waals surface area contributed by atoms with Crippen LogP contribution in [0.2, 0.25) is 0 Å². The Hall–Kier alpha value is -3.65. The molecule has 0 radical (unpaired) electrons. The summed E-state index contributed by atoms with van der Waals surface area (Å²) in [4.78, 5) is 28.9. The highest BCUT2D eigenvalue weighted by Gasteiger charge is 2.30. The second kappa shape index (κ2) is 10.5. The molecule has 1 aliphatic heterocycles. The first-order chi connectivity index (χ1) is 17.5. The number of thioether (sulfide) groups is 1. The Balaban J connectivity index is 1.30. The molecule has 3 heterocycles. The van der Waals surface area contributed by atoms with Gasteiger partial charge >= 0.3 is 10.7 Å². The second-order valence-corrected chi connectivity index (χ2v) is 10.9. The van der Waals surface area contributed by atoms with Gasteiger partial charge in [0.1, 0.15) is 11.1 Å². The summed E-state index contributed by atoms with van der Waals surface area (Å²) < 4.78 is 6.49. The van der Waals surface area contributed by atoms with E-state index in [1.807, 2.05) is 48.5 Å². The van der Waals surface area contributed by atoms with Crippen molar-refractivity contribution in [3.05, 3.63) is 92.7 Å². The van der Waals surface area contributed by atoms with Gasteiger partial charge in [0, 0.05) is 36.6 Å². The fourth-order valence-corrected chi connectivity index (χ4v) is 6.32. The molecule has 0 bridgehead atoms. The summed E-state index contributed by atoms with van der Waals surface area (Å²) in [5.74, 6) is -0.281. The van der Waals surface area contributed by atoms with E-state index in [1.165, 1.54) is 21.6 Å². The van der Waals surface area contributed by atoms with Gasteiger partial charge < -0.3 is 5.32 Å². The molecule has 0 spiro atoms. The van der Waals surface area contributed by atoms with Gasteiger partial charge in [0.15, 0.2) is 0 Å². The number of hydrogen-bond acceptors (Lipinski definition) is 7. The summed E-state index contributed by atoms with van der Waals surface area (Å²) in [5, 5.41) is 15.6. The van der Waals surface area contributed by atoms with E-state index in [1.54, 1.807) is 6.92 Å². The van der Waals surface area contributed by atoms with Crippen LogP contribution in [0.5, 0.6) is 0 Å². The molecule has 1 aliphatic rings. The van der Waals surface area contributed by atoms with Gasteiger partial charge in [0.2, 0.25) is 11.6 Å². The zero-order valence-electron chi connectivity index (χ0n) is 19.6. The molecule has 1 unspecified atom stereocenters. The Morgan fingerprint density at radius 2 is 1.97 bits per heavy atom. The highest BCUT2D eigenvalue weighted by Crippen LogP contribution is 2.37. The smallest absolute Gasteiger partial charge is 0.316 e. The topological polar surface area (TPSA) is 106 Å². The summed E-state index contributed by atoms with van der Waals surface area (Å²) in [6, 6.07) is 21.8. The molecule has 1 amide bonds. The third kappa shape index (κ3) is 4.99. The second-order valence-electron chi connectivity index (χ2n) is 8.47. The summed E-state index contributed by atoms with van der Waals surface area (Å²) >= 11 is 2.56. The fraction of sp³-hybridized carbons (Fsp3) is 0.231. The number of anilines is 1. The van der Waals surface area contributed by atoms with Crippen LogP contribution in [0, 0.1) is 11.3 Å². The van der Waals surface area contributed by atoms with Crippen LogP contribution in [-0.2, 0) is 24.3 Å². The number of nitrogens with zero attached hydrogens (tertiary/aromatic N) is 3. The lowest BCUT2D eigenvalue weighted by Gasteiger charge is -2.26. The first kappa shape index (κ1) is 24.1. The number of carbonyl (C=O) groups excluding carboxylic acids is 1. The van der Waals surface area contributed by atoms with Crippen LogP contribution < -0.4 is 15.6 Å². The van der Waals surface area contributed by atoms with Crippen molar-refractivity contribution >= 4 is 34.0 Å². The minimum absolute atomic E-state index is 0.270. The number of carbonyl (C=O) groups is 1. The Labute approximate surface area is 216 Å². The molecule has 10 heteroatoms. The van der Waals surface area contributed by atoms with Crippen molar-refractivity contribution < 1.29 is 14.0 Å². The predicted octanol–water partition coefficient (Wildman–Crippen LogP) is 3.86. The van der Waals surface area contributed by atoms with Gasteiger partial charge in [0.05, 0.1) is 10.8 Å². The lowest BCUT2D eigenvalue weighted by atomic mass is 10.0. The quantitative estimate of drug-likeness (QED) is 0.284. The van der Waals surface area contributed by atoms with Crippen molar-refractivity contribution in [1.29, 1.82) is 5.26 Å². The number of H-pyrrole nitrogens is 1. The van der Waals surface area contributed by atoms with Crippen LogP contribution in [0.15, 0.2) is 75.0 Å². The summed E-state index contributed by atoms with van der Waals surface area (Å²) in [5.41, 5.74) is 2.98. The van der Waals surface area contributed by atoms with Crippen molar-refractivity contribution in [2.45, 2.75) is 36.7 Å². The Bertz CT molecular complexity index is 1470. The molecule has 36 heavy (non-hydrogen) atoms. The van der Waals surface area contributed by atoms with E-state index in [9.17, 15) is 14.9 Å². The minimum Gasteiger partial charge on any atom is -0.316 e. The number of hydrogen-bond donors (Lipinski definition) is 2. The molecule has 1 atom stereocenters.